The SMILES string of the molecule is Cc1nnc(NC(=O)C(C#N)=Cc2ccc(OCc3cc(=O)n4nc(C)sc4n3)cc2)s1. The molecule has 0 saturated carbocycles. The van der Waals surface area contributed by atoms with Crippen LogP contribution in [-0.2, 0) is 11.4 Å². The number of aryl methyl sites for hydroxylation is 2. The molecule has 0 fully saturated rings. The Morgan fingerprint density at radius 1 is 1.22 bits per heavy atom. The van der Waals surface area contributed by atoms with E-state index in [4.69, 9.17) is 4.74 Å². The summed E-state index contributed by atoms with van der Waals surface area (Å²) in [7, 11) is 0. The number of hydrogen-bond donors (Lipinski definition) is 1. The predicted octanol–water partition coefficient (Wildman–Crippen LogP) is 2.74. The van der Waals surface area contributed by atoms with Gasteiger partial charge in [-0.25, -0.2) is 4.98 Å². The van der Waals surface area contributed by atoms with E-state index >= 15 is 0 Å². The molecule has 0 unspecified atom stereocenters. The van der Waals surface area contributed by atoms with Crippen molar-refractivity contribution in [3.05, 3.63) is 67.5 Å². The fourth-order valence-corrected chi connectivity index (χ4v) is 4.02. The number of nitriles is 1. The lowest BCUT2D eigenvalue weighted by Crippen LogP contribution is -2.16. The van der Waals surface area contributed by atoms with Gasteiger partial charge < -0.3 is 4.74 Å². The monoisotopic (exact) mass is 465 g/mol. The minimum Gasteiger partial charge on any atom is -0.487 e. The first-order chi connectivity index (χ1) is 15.4. The quantitative estimate of drug-likeness (QED) is 0.339. The van der Waals surface area contributed by atoms with Crippen molar-refractivity contribution in [1.29, 1.82) is 5.26 Å². The van der Waals surface area contributed by atoms with Gasteiger partial charge in [-0.3, -0.25) is 14.9 Å². The Bertz CT molecular complexity index is 1430. The van der Waals surface area contributed by atoms with Gasteiger partial charge in [0, 0.05) is 6.07 Å². The van der Waals surface area contributed by atoms with E-state index < -0.39 is 5.91 Å². The zero-order valence-electron chi connectivity index (χ0n) is 16.9. The molecule has 3 aromatic heterocycles. The van der Waals surface area contributed by atoms with Gasteiger partial charge in [-0.1, -0.05) is 34.8 Å². The fourth-order valence-electron chi connectivity index (χ4n) is 2.67. The summed E-state index contributed by atoms with van der Waals surface area (Å²) < 4.78 is 6.98. The molecule has 3 heterocycles. The molecule has 0 atom stereocenters. The van der Waals surface area contributed by atoms with Gasteiger partial charge in [0.25, 0.3) is 11.5 Å². The van der Waals surface area contributed by atoms with E-state index in [0.717, 1.165) is 5.01 Å². The van der Waals surface area contributed by atoms with Crippen molar-refractivity contribution in [1.82, 2.24) is 24.8 Å². The smallest absolute Gasteiger partial charge is 0.275 e. The Labute approximate surface area is 189 Å². The first-order valence-electron chi connectivity index (χ1n) is 9.24. The number of hydrogen-bond acceptors (Lipinski definition) is 10. The Hall–Kier alpha value is -3.95. The van der Waals surface area contributed by atoms with E-state index in [1.54, 1.807) is 31.2 Å². The Kier molecular flexibility index (Phi) is 6.02. The van der Waals surface area contributed by atoms with Crippen molar-refractivity contribution < 1.29 is 9.53 Å². The molecular weight excluding hydrogens is 450 g/mol. The number of aromatic nitrogens is 5. The van der Waals surface area contributed by atoms with E-state index in [9.17, 15) is 14.9 Å². The second kappa shape index (κ2) is 9.04. The van der Waals surface area contributed by atoms with Crippen molar-refractivity contribution in [3.8, 4) is 11.8 Å². The molecule has 0 aliphatic heterocycles. The van der Waals surface area contributed by atoms with Crippen LogP contribution in [0.2, 0.25) is 0 Å². The molecule has 0 aliphatic carbocycles. The lowest BCUT2D eigenvalue weighted by molar-refractivity contribution is -0.112. The molecule has 0 aliphatic rings. The number of carbonyl (C=O) groups excluding carboxylic acids is 1. The van der Waals surface area contributed by atoms with E-state index in [-0.39, 0.29) is 17.7 Å². The van der Waals surface area contributed by atoms with Gasteiger partial charge in [0.2, 0.25) is 10.1 Å². The number of carbonyl (C=O) groups is 1. The van der Waals surface area contributed by atoms with Crippen LogP contribution in [0.4, 0.5) is 5.13 Å². The molecule has 4 rings (SSSR count). The highest BCUT2D eigenvalue weighted by Crippen LogP contribution is 2.18. The number of nitrogens with zero attached hydrogens (tertiary/aromatic N) is 6. The first-order valence-corrected chi connectivity index (χ1v) is 10.9. The fraction of sp³-hybridized carbons (Fsp3) is 0.150. The molecule has 1 aromatic carbocycles. The summed E-state index contributed by atoms with van der Waals surface area (Å²) in [6.45, 7) is 3.69. The Morgan fingerprint density at radius 2 is 2.00 bits per heavy atom. The largest absolute Gasteiger partial charge is 0.487 e. The summed E-state index contributed by atoms with van der Waals surface area (Å²) in [5.41, 5.74) is 0.821. The molecule has 0 bridgehead atoms. The topological polar surface area (TPSA) is 135 Å². The van der Waals surface area contributed by atoms with Gasteiger partial charge in [0.15, 0.2) is 0 Å². The predicted molar refractivity (Wildman–Crippen MR) is 120 cm³/mol. The second-order valence-electron chi connectivity index (χ2n) is 6.51. The molecule has 4 aromatic rings. The number of ether oxygens (including phenoxy) is 1. The average Bonchev–Trinajstić information content (AvgIpc) is 3.35. The summed E-state index contributed by atoms with van der Waals surface area (Å²) >= 11 is 2.55. The number of benzene rings is 1. The van der Waals surface area contributed by atoms with Crippen LogP contribution in [0, 0.1) is 25.2 Å². The maximum absolute atomic E-state index is 12.3. The summed E-state index contributed by atoms with van der Waals surface area (Å²) in [5, 5.41) is 25.4. The van der Waals surface area contributed by atoms with Crippen molar-refractivity contribution >= 4 is 44.7 Å². The third-order valence-corrected chi connectivity index (χ3v) is 5.67. The van der Waals surface area contributed by atoms with Crippen LogP contribution in [-0.4, -0.2) is 30.7 Å². The zero-order valence-corrected chi connectivity index (χ0v) is 18.5. The molecular formula is C20H15N7O3S2. The standard InChI is InChI=1S/C20H15N7O3S2/c1-11-24-25-19(31-11)23-18(29)14(9-21)7-13-3-5-16(6-4-13)30-10-15-8-17(28)27-20(22-15)32-12(2)26-27/h3-8H,10H2,1-2H3,(H,23,25,29). The first kappa shape index (κ1) is 21.3. The van der Waals surface area contributed by atoms with E-state index in [2.05, 4.69) is 25.6 Å². The minimum atomic E-state index is -0.560. The van der Waals surface area contributed by atoms with Gasteiger partial charge in [-0.05, 0) is 37.6 Å². The van der Waals surface area contributed by atoms with Crippen LogP contribution in [0.25, 0.3) is 11.0 Å². The molecule has 1 amide bonds. The highest BCUT2D eigenvalue weighted by molar-refractivity contribution is 7.16. The van der Waals surface area contributed by atoms with Crippen LogP contribution in [0.3, 0.4) is 0 Å². The molecule has 32 heavy (non-hydrogen) atoms. The number of fused-ring (bicyclic) bond motifs is 1. The summed E-state index contributed by atoms with van der Waals surface area (Å²) in [4.78, 5) is 29.3. The molecule has 12 heteroatoms. The van der Waals surface area contributed by atoms with Crippen molar-refractivity contribution in [2.24, 2.45) is 0 Å². The van der Waals surface area contributed by atoms with Crippen molar-refractivity contribution in [3.63, 3.8) is 0 Å². The van der Waals surface area contributed by atoms with E-state index in [1.165, 1.54) is 39.3 Å². The van der Waals surface area contributed by atoms with Crippen LogP contribution < -0.4 is 15.6 Å². The highest BCUT2D eigenvalue weighted by atomic mass is 32.1. The van der Waals surface area contributed by atoms with Gasteiger partial charge in [0.05, 0.1) is 5.69 Å². The molecule has 0 radical (unpaired) electrons. The zero-order chi connectivity index (χ0) is 22.7. The molecule has 1 N–H and O–H groups in total. The second-order valence-corrected chi connectivity index (χ2v) is 8.85. The number of nitrogens with one attached hydrogen (secondary N) is 1. The van der Waals surface area contributed by atoms with Gasteiger partial charge in [0.1, 0.15) is 34.0 Å². The minimum absolute atomic E-state index is 0.0654. The van der Waals surface area contributed by atoms with Gasteiger partial charge in [-0.15, -0.1) is 10.2 Å². The molecule has 0 spiro atoms. The molecule has 160 valence electrons. The lowest BCUT2D eigenvalue weighted by atomic mass is 10.1. The van der Waals surface area contributed by atoms with Crippen LogP contribution in [0.1, 0.15) is 21.3 Å². The highest BCUT2D eigenvalue weighted by Gasteiger charge is 2.12. The van der Waals surface area contributed by atoms with Gasteiger partial charge in [-0.2, -0.15) is 14.9 Å². The van der Waals surface area contributed by atoms with E-state index in [1.807, 2.05) is 13.0 Å². The number of rotatable bonds is 6. The summed E-state index contributed by atoms with van der Waals surface area (Å²) in [6, 6.07) is 10.1. The van der Waals surface area contributed by atoms with Crippen LogP contribution in [0.5, 0.6) is 5.75 Å². The van der Waals surface area contributed by atoms with E-state index in [0.29, 0.717) is 32.1 Å². The lowest BCUT2D eigenvalue weighted by Gasteiger charge is -2.06. The van der Waals surface area contributed by atoms with Crippen molar-refractivity contribution in [2.75, 3.05) is 5.32 Å². The normalized spacial score (nSPS) is 11.3. The van der Waals surface area contributed by atoms with Crippen molar-refractivity contribution in [2.45, 2.75) is 20.5 Å². The third-order valence-electron chi connectivity index (χ3n) is 4.09. The molecule has 0 saturated heterocycles. The maximum Gasteiger partial charge on any atom is 0.275 e. The van der Waals surface area contributed by atoms with Crippen LogP contribution >= 0.6 is 22.7 Å². The van der Waals surface area contributed by atoms with Gasteiger partial charge >= 0.3 is 0 Å². The Balaban J connectivity index is 1.42. The maximum atomic E-state index is 12.3. The Morgan fingerprint density at radius 3 is 2.69 bits per heavy atom. The number of amides is 1. The summed E-state index contributed by atoms with van der Waals surface area (Å²) in [5.74, 6) is -0.00744. The molecule has 10 nitrogen and oxygen atoms in total. The van der Waals surface area contributed by atoms with Crippen LogP contribution in [0.15, 0.2) is 40.7 Å². The number of anilines is 1. The summed E-state index contributed by atoms with van der Waals surface area (Å²) in [6.07, 6.45) is 1.47. The third kappa shape index (κ3) is 4.85. The average molecular weight is 466 g/mol.